The van der Waals surface area contributed by atoms with Crippen LogP contribution >= 0.6 is 0 Å². The highest BCUT2D eigenvalue weighted by atomic mass is 16.3. The van der Waals surface area contributed by atoms with Gasteiger partial charge in [-0.05, 0) is 44.1 Å². The molecule has 2 aliphatic carbocycles. The van der Waals surface area contributed by atoms with Gasteiger partial charge in [-0.1, -0.05) is 6.42 Å². The van der Waals surface area contributed by atoms with Gasteiger partial charge < -0.3 is 14.4 Å². The first kappa shape index (κ1) is 16.1. The lowest BCUT2D eigenvalue weighted by atomic mass is 9.80. The van der Waals surface area contributed by atoms with Crippen LogP contribution in [0.15, 0.2) is 16.9 Å². The second-order valence-electron chi connectivity index (χ2n) is 7.84. The Balaban J connectivity index is 1.36. The van der Waals surface area contributed by atoms with E-state index in [0.717, 1.165) is 55.8 Å². The number of fused-ring (bicyclic) bond motifs is 1. The molecule has 0 saturated heterocycles. The van der Waals surface area contributed by atoms with Gasteiger partial charge in [-0.15, -0.1) is 0 Å². The van der Waals surface area contributed by atoms with Gasteiger partial charge >= 0.3 is 0 Å². The molecule has 2 saturated carbocycles. The van der Waals surface area contributed by atoms with Gasteiger partial charge in [-0.2, -0.15) is 5.10 Å². The Morgan fingerprint density at radius 2 is 2.08 bits per heavy atom. The third kappa shape index (κ3) is 2.74. The molecular weight excluding hydrogens is 332 g/mol. The van der Waals surface area contributed by atoms with Crippen molar-refractivity contribution in [1.29, 1.82) is 0 Å². The lowest BCUT2D eigenvalue weighted by molar-refractivity contribution is 0.0580. The number of aliphatic hydroxyl groups is 1. The van der Waals surface area contributed by atoms with Crippen molar-refractivity contribution in [2.45, 2.75) is 63.6 Å². The molecule has 5 rings (SSSR count). The van der Waals surface area contributed by atoms with Crippen LogP contribution < -0.4 is 0 Å². The SMILES string of the molecule is O=C(c1ncoc1C1CC1)N1CCCn2nc([C@@H](O)C3CCC3)cc2C1. The molecule has 26 heavy (non-hydrogen) atoms. The first-order valence-electron chi connectivity index (χ1n) is 9.68. The highest BCUT2D eigenvalue weighted by molar-refractivity contribution is 5.93. The zero-order chi connectivity index (χ0) is 17.7. The normalized spacial score (nSPS) is 21.8. The van der Waals surface area contributed by atoms with Crippen LogP contribution in [-0.4, -0.2) is 37.2 Å². The van der Waals surface area contributed by atoms with E-state index in [1.165, 1.54) is 12.8 Å². The topological polar surface area (TPSA) is 84.4 Å². The molecule has 1 atom stereocenters. The molecule has 2 fully saturated rings. The van der Waals surface area contributed by atoms with Gasteiger partial charge in [0.05, 0.1) is 17.9 Å². The molecule has 0 aromatic carbocycles. The number of carbonyl (C=O) groups is 1. The molecule has 3 aliphatic rings. The molecule has 7 heteroatoms. The van der Waals surface area contributed by atoms with Crippen molar-refractivity contribution < 1.29 is 14.3 Å². The molecule has 0 bridgehead atoms. The molecule has 0 spiro atoms. The summed E-state index contributed by atoms with van der Waals surface area (Å²) >= 11 is 0. The molecule has 2 aromatic rings. The molecule has 7 nitrogen and oxygen atoms in total. The summed E-state index contributed by atoms with van der Waals surface area (Å²) in [5.41, 5.74) is 2.20. The van der Waals surface area contributed by atoms with Crippen LogP contribution in [0, 0.1) is 5.92 Å². The van der Waals surface area contributed by atoms with Crippen molar-refractivity contribution in [2.24, 2.45) is 5.92 Å². The van der Waals surface area contributed by atoms with E-state index in [4.69, 9.17) is 4.42 Å². The van der Waals surface area contributed by atoms with Crippen molar-refractivity contribution in [3.63, 3.8) is 0 Å². The van der Waals surface area contributed by atoms with Gasteiger partial charge in [0.1, 0.15) is 11.9 Å². The zero-order valence-corrected chi connectivity index (χ0v) is 14.8. The number of carbonyl (C=O) groups excluding carboxylic acids is 1. The Morgan fingerprint density at radius 3 is 2.81 bits per heavy atom. The van der Waals surface area contributed by atoms with Crippen molar-refractivity contribution >= 4 is 5.91 Å². The maximum atomic E-state index is 13.0. The van der Waals surface area contributed by atoms with Crippen LogP contribution in [-0.2, 0) is 13.1 Å². The number of rotatable bonds is 4. The van der Waals surface area contributed by atoms with Crippen LogP contribution in [0.25, 0.3) is 0 Å². The number of oxazole rings is 1. The summed E-state index contributed by atoms with van der Waals surface area (Å²) < 4.78 is 7.43. The molecule has 1 N–H and O–H groups in total. The molecule has 138 valence electrons. The molecule has 2 aromatic heterocycles. The fourth-order valence-corrected chi connectivity index (χ4v) is 4.00. The summed E-state index contributed by atoms with van der Waals surface area (Å²) in [7, 11) is 0. The Labute approximate surface area is 152 Å². The molecule has 0 radical (unpaired) electrons. The summed E-state index contributed by atoms with van der Waals surface area (Å²) in [6.07, 6.45) is 7.23. The standard InChI is InChI=1S/C19H24N4O3/c24-17(12-3-1-4-12)15-9-14-10-22(7-2-8-23(14)21-15)19(25)16-18(13-5-6-13)26-11-20-16/h9,11-13,17,24H,1-8,10H2/t17-/m0/s1. The zero-order valence-electron chi connectivity index (χ0n) is 14.8. The Morgan fingerprint density at radius 1 is 1.23 bits per heavy atom. The monoisotopic (exact) mass is 356 g/mol. The fraction of sp³-hybridized carbons (Fsp3) is 0.632. The first-order chi connectivity index (χ1) is 12.7. The molecule has 3 heterocycles. The average Bonchev–Trinajstić information content (AvgIpc) is 3.24. The second kappa shape index (κ2) is 6.23. The van der Waals surface area contributed by atoms with E-state index in [1.54, 1.807) is 0 Å². The van der Waals surface area contributed by atoms with Crippen LogP contribution in [0.3, 0.4) is 0 Å². The van der Waals surface area contributed by atoms with E-state index < -0.39 is 6.10 Å². The minimum atomic E-state index is -0.482. The van der Waals surface area contributed by atoms with Crippen LogP contribution in [0.5, 0.6) is 0 Å². The van der Waals surface area contributed by atoms with E-state index in [-0.39, 0.29) is 5.91 Å². The minimum Gasteiger partial charge on any atom is -0.447 e. The van der Waals surface area contributed by atoms with Crippen molar-refractivity contribution in [3.05, 3.63) is 35.3 Å². The van der Waals surface area contributed by atoms with Gasteiger partial charge in [0, 0.05) is 19.0 Å². The number of aromatic nitrogens is 3. The predicted octanol–water partition coefficient (Wildman–Crippen LogP) is 2.63. The smallest absolute Gasteiger partial charge is 0.276 e. The third-order valence-electron chi connectivity index (χ3n) is 5.97. The third-order valence-corrected chi connectivity index (χ3v) is 5.97. The quantitative estimate of drug-likeness (QED) is 0.910. The predicted molar refractivity (Wildman–Crippen MR) is 92.4 cm³/mol. The number of aliphatic hydroxyl groups excluding tert-OH is 1. The lowest BCUT2D eigenvalue weighted by Crippen LogP contribution is -2.31. The average molecular weight is 356 g/mol. The van der Waals surface area contributed by atoms with E-state index in [0.29, 0.717) is 30.6 Å². The van der Waals surface area contributed by atoms with E-state index in [2.05, 4.69) is 10.1 Å². The second-order valence-corrected chi connectivity index (χ2v) is 7.84. The fourth-order valence-electron chi connectivity index (χ4n) is 4.00. The van der Waals surface area contributed by atoms with Gasteiger partial charge in [0.25, 0.3) is 5.91 Å². The lowest BCUT2D eigenvalue weighted by Gasteiger charge is -2.29. The molecule has 1 amide bonds. The summed E-state index contributed by atoms with van der Waals surface area (Å²) in [5.74, 6) is 1.38. The van der Waals surface area contributed by atoms with E-state index in [1.807, 2.05) is 15.6 Å². The summed E-state index contributed by atoms with van der Waals surface area (Å²) in [6.45, 7) is 1.95. The molecule has 1 aliphatic heterocycles. The first-order valence-corrected chi connectivity index (χ1v) is 9.68. The van der Waals surface area contributed by atoms with Gasteiger partial charge in [0.2, 0.25) is 0 Å². The van der Waals surface area contributed by atoms with Crippen molar-refractivity contribution in [2.75, 3.05) is 6.54 Å². The van der Waals surface area contributed by atoms with Crippen molar-refractivity contribution in [3.8, 4) is 0 Å². The maximum Gasteiger partial charge on any atom is 0.276 e. The van der Waals surface area contributed by atoms with Gasteiger partial charge in [-0.3, -0.25) is 9.48 Å². The maximum absolute atomic E-state index is 13.0. The number of amides is 1. The van der Waals surface area contributed by atoms with Crippen LogP contribution in [0.2, 0.25) is 0 Å². The largest absolute Gasteiger partial charge is 0.447 e. The van der Waals surface area contributed by atoms with Gasteiger partial charge in [0.15, 0.2) is 12.1 Å². The highest BCUT2D eigenvalue weighted by Gasteiger charge is 2.35. The Hall–Kier alpha value is -2.15. The minimum absolute atomic E-state index is 0.0589. The van der Waals surface area contributed by atoms with Crippen molar-refractivity contribution in [1.82, 2.24) is 19.7 Å². The highest BCUT2D eigenvalue weighted by Crippen LogP contribution is 2.42. The summed E-state index contributed by atoms with van der Waals surface area (Å²) in [5, 5.41) is 15.1. The molecule has 0 unspecified atom stereocenters. The van der Waals surface area contributed by atoms with E-state index in [9.17, 15) is 9.90 Å². The van der Waals surface area contributed by atoms with Crippen LogP contribution in [0.4, 0.5) is 0 Å². The number of hydrogen-bond donors (Lipinski definition) is 1. The van der Waals surface area contributed by atoms with E-state index >= 15 is 0 Å². The molecular formula is C19H24N4O3. The summed E-state index contributed by atoms with van der Waals surface area (Å²) in [4.78, 5) is 19.0. The number of hydrogen-bond acceptors (Lipinski definition) is 5. The Bertz CT molecular complexity index is 819. The Kier molecular flexibility index (Phi) is 3.85. The summed E-state index contributed by atoms with van der Waals surface area (Å²) in [6, 6.07) is 1.97. The number of nitrogens with zero attached hydrogens (tertiary/aromatic N) is 4. The number of aryl methyl sites for hydroxylation is 1. The van der Waals surface area contributed by atoms with Gasteiger partial charge in [-0.25, -0.2) is 4.98 Å². The van der Waals surface area contributed by atoms with Crippen LogP contribution in [0.1, 0.15) is 78.2 Å².